The first-order chi connectivity index (χ1) is 15.5. The van der Waals surface area contributed by atoms with Gasteiger partial charge in [0, 0.05) is 17.6 Å². The highest BCUT2D eigenvalue weighted by molar-refractivity contribution is 8.18. The van der Waals surface area contributed by atoms with Crippen molar-refractivity contribution in [3.05, 3.63) is 83.3 Å². The van der Waals surface area contributed by atoms with Crippen molar-refractivity contribution in [1.29, 1.82) is 0 Å². The number of carbonyl (C=O) groups is 3. The number of methoxy groups -OCH3 is 1. The van der Waals surface area contributed by atoms with E-state index in [0.29, 0.717) is 5.69 Å². The van der Waals surface area contributed by atoms with Crippen molar-refractivity contribution in [2.45, 2.75) is 0 Å². The number of thioether (sulfide) groups is 1. The van der Waals surface area contributed by atoms with Crippen molar-refractivity contribution in [1.82, 2.24) is 9.47 Å². The standard InChI is InChI=1S/C23H18FN3O4S/c1-31-17-10-8-15(9-11-17)26-12-4-5-16(26)13-20-22(29)27(23(30)32-20)14-21(28)25-19-7-3-2-6-18(19)24/h2-13H,14H2,1H3,(H,25,28)/b20-13-. The summed E-state index contributed by atoms with van der Waals surface area (Å²) in [6.07, 6.45) is 3.43. The van der Waals surface area contributed by atoms with Crippen molar-refractivity contribution in [3.8, 4) is 11.4 Å². The highest BCUT2D eigenvalue weighted by Gasteiger charge is 2.36. The maximum absolute atomic E-state index is 13.7. The van der Waals surface area contributed by atoms with Crippen LogP contribution in [-0.2, 0) is 9.59 Å². The van der Waals surface area contributed by atoms with Crippen LogP contribution >= 0.6 is 11.8 Å². The van der Waals surface area contributed by atoms with Crippen molar-refractivity contribution in [2.75, 3.05) is 19.0 Å². The van der Waals surface area contributed by atoms with Gasteiger partial charge in [0.05, 0.1) is 17.7 Å². The normalized spacial score (nSPS) is 14.8. The number of hydrogen-bond donors (Lipinski definition) is 1. The molecule has 2 aromatic carbocycles. The molecule has 0 unspecified atom stereocenters. The third-order valence-corrected chi connectivity index (χ3v) is 5.64. The van der Waals surface area contributed by atoms with Crippen LogP contribution < -0.4 is 10.1 Å². The summed E-state index contributed by atoms with van der Waals surface area (Å²) in [6.45, 7) is -0.504. The summed E-state index contributed by atoms with van der Waals surface area (Å²) < 4.78 is 20.8. The third-order valence-electron chi connectivity index (χ3n) is 4.73. The lowest BCUT2D eigenvalue weighted by Crippen LogP contribution is -2.36. The first-order valence-corrected chi connectivity index (χ1v) is 10.4. The topological polar surface area (TPSA) is 80.6 Å². The number of amides is 3. The summed E-state index contributed by atoms with van der Waals surface area (Å²) in [4.78, 5) is 38.4. The minimum Gasteiger partial charge on any atom is -0.497 e. The molecule has 0 saturated carbocycles. The van der Waals surface area contributed by atoms with E-state index in [4.69, 9.17) is 4.74 Å². The van der Waals surface area contributed by atoms with Crippen LogP contribution in [0.3, 0.4) is 0 Å². The molecule has 0 bridgehead atoms. The molecule has 2 heterocycles. The highest BCUT2D eigenvalue weighted by Crippen LogP contribution is 2.32. The van der Waals surface area contributed by atoms with E-state index < -0.39 is 29.4 Å². The number of carbonyl (C=O) groups excluding carboxylic acids is 3. The second-order valence-electron chi connectivity index (χ2n) is 6.80. The molecule has 0 atom stereocenters. The number of benzene rings is 2. The van der Waals surface area contributed by atoms with Crippen LogP contribution in [0.25, 0.3) is 11.8 Å². The largest absolute Gasteiger partial charge is 0.497 e. The number of nitrogens with zero attached hydrogens (tertiary/aromatic N) is 2. The van der Waals surface area contributed by atoms with Crippen LogP contribution in [0, 0.1) is 5.82 Å². The second-order valence-corrected chi connectivity index (χ2v) is 7.79. The quantitative estimate of drug-likeness (QED) is 0.565. The molecular weight excluding hydrogens is 433 g/mol. The molecule has 9 heteroatoms. The fourth-order valence-corrected chi connectivity index (χ4v) is 3.98. The van der Waals surface area contributed by atoms with E-state index in [9.17, 15) is 18.8 Å². The van der Waals surface area contributed by atoms with Gasteiger partial charge in [-0.15, -0.1) is 0 Å². The average Bonchev–Trinajstić information content (AvgIpc) is 3.35. The maximum Gasteiger partial charge on any atom is 0.294 e. The van der Waals surface area contributed by atoms with Crippen LogP contribution in [0.15, 0.2) is 71.8 Å². The first kappa shape index (κ1) is 21.4. The number of ether oxygens (including phenoxy) is 1. The Morgan fingerprint density at radius 3 is 2.56 bits per heavy atom. The fraction of sp³-hybridized carbons (Fsp3) is 0.0870. The Bertz CT molecular complexity index is 1220. The van der Waals surface area contributed by atoms with Crippen LogP contribution in [-0.4, -0.2) is 40.2 Å². The van der Waals surface area contributed by atoms with Crippen molar-refractivity contribution < 1.29 is 23.5 Å². The molecule has 32 heavy (non-hydrogen) atoms. The third kappa shape index (κ3) is 4.42. The summed E-state index contributed by atoms with van der Waals surface area (Å²) in [5, 5.41) is 1.81. The predicted octanol–water partition coefficient (Wildman–Crippen LogP) is 4.30. The minimum absolute atomic E-state index is 0.0164. The number of imide groups is 1. The zero-order chi connectivity index (χ0) is 22.7. The van der Waals surface area contributed by atoms with E-state index in [1.165, 1.54) is 18.2 Å². The molecule has 1 aromatic heterocycles. The van der Waals surface area contributed by atoms with Crippen molar-refractivity contribution in [2.24, 2.45) is 0 Å². The lowest BCUT2D eigenvalue weighted by molar-refractivity contribution is -0.127. The number of aromatic nitrogens is 1. The zero-order valence-electron chi connectivity index (χ0n) is 16.9. The molecule has 0 radical (unpaired) electrons. The van der Waals surface area contributed by atoms with Gasteiger partial charge >= 0.3 is 0 Å². The Labute approximate surface area is 187 Å². The maximum atomic E-state index is 13.7. The van der Waals surface area contributed by atoms with Crippen LogP contribution in [0.5, 0.6) is 5.75 Å². The Morgan fingerprint density at radius 1 is 1.09 bits per heavy atom. The van der Waals surface area contributed by atoms with Gasteiger partial charge in [-0.3, -0.25) is 19.3 Å². The molecular formula is C23H18FN3O4S. The molecule has 3 aromatic rings. The number of nitrogens with one attached hydrogen (secondary N) is 1. The monoisotopic (exact) mass is 451 g/mol. The van der Waals surface area contributed by atoms with Gasteiger partial charge in [0.25, 0.3) is 11.1 Å². The molecule has 0 spiro atoms. The van der Waals surface area contributed by atoms with E-state index in [2.05, 4.69) is 5.32 Å². The minimum atomic E-state index is -0.666. The molecule has 3 amide bonds. The average molecular weight is 451 g/mol. The van der Waals surface area contributed by atoms with Gasteiger partial charge in [-0.1, -0.05) is 12.1 Å². The second kappa shape index (κ2) is 9.11. The summed E-state index contributed by atoms with van der Waals surface area (Å²) in [5.41, 5.74) is 1.53. The zero-order valence-corrected chi connectivity index (χ0v) is 17.8. The van der Waals surface area contributed by atoms with Gasteiger partial charge in [0.2, 0.25) is 5.91 Å². The summed E-state index contributed by atoms with van der Waals surface area (Å²) >= 11 is 0.753. The number of rotatable bonds is 6. The molecule has 1 fully saturated rings. The molecule has 4 rings (SSSR count). The molecule has 0 aliphatic carbocycles. The van der Waals surface area contributed by atoms with E-state index in [0.717, 1.165) is 28.1 Å². The Hall–Kier alpha value is -3.85. The number of halogens is 1. The summed E-state index contributed by atoms with van der Waals surface area (Å²) in [7, 11) is 1.59. The molecule has 1 N–H and O–H groups in total. The van der Waals surface area contributed by atoms with Gasteiger partial charge in [-0.2, -0.15) is 0 Å². The Balaban J connectivity index is 1.50. The van der Waals surface area contributed by atoms with Gasteiger partial charge in [0.15, 0.2) is 0 Å². The molecule has 1 aliphatic rings. The number of hydrogen-bond acceptors (Lipinski definition) is 5. The van der Waals surface area contributed by atoms with Gasteiger partial charge in [0.1, 0.15) is 18.1 Å². The van der Waals surface area contributed by atoms with Crippen molar-refractivity contribution >= 4 is 40.6 Å². The first-order valence-electron chi connectivity index (χ1n) is 9.58. The SMILES string of the molecule is COc1ccc(-n2cccc2/C=C2\SC(=O)N(CC(=O)Nc3ccccc3F)C2=O)cc1. The summed E-state index contributed by atoms with van der Waals surface area (Å²) in [6, 6.07) is 16.7. The predicted molar refractivity (Wildman–Crippen MR) is 120 cm³/mol. The van der Waals surface area contributed by atoms with Crippen LogP contribution in [0.1, 0.15) is 5.69 Å². The smallest absolute Gasteiger partial charge is 0.294 e. The molecule has 1 aliphatic heterocycles. The van der Waals surface area contributed by atoms with Crippen LogP contribution in [0.2, 0.25) is 0 Å². The van der Waals surface area contributed by atoms with Crippen molar-refractivity contribution in [3.63, 3.8) is 0 Å². The van der Waals surface area contributed by atoms with Gasteiger partial charge in [-0.05, 0) is 66.4 Å². The molecule has 162 valence electrons. The van der Waals surface area contributed by atoms with Gasteiger partial charge in [-0.25, -0.2) is 4.39 Å². The number of para-hydroxylation sites is 1. The van der Waals surface area contributed by atoms with Crippen LogP contribution in [0.4, 0.5) is 14.9 Å². The van der Waals surface area contributed by atoms with E-state index in [1.54, 1.807) is 19.3 Å². The highest BCUT2D eigenvalue weighted by atomic mass is 32.2. The fourth-order valence-electron chi connectivity index (χ4n) is 3.16. The lowest BCUT2D eigenvalue weighted by Gasteiger charge is -2.12. The Kier molecular flexibility index (Phi) is 6.09. The Morgan fingerprint density at radius 2 is 1.84 bits per heavy atom. The van der Waals surface area contributed by atoms with Gasteiger partial charge < -0.3 is 14.6 Å². The lowest BCUT2D eigenvalue weighted by atomic mass is 10.2. The summed E-state index contributed by atoms with van der Waals surface area (Å²) in [5.74, 6) is -1.13. The van der Waals surface area contributed by atoms with E-state index in [1.807, 2.05) is 47.2 Å². The number of anilines is 1. The molecule has 7 nitrogen and oxygen atoms in total. The van der Waals surface area contributed by atoms with E-state index in [-0.39, 0.29) is 10.6 Å². The molecule has 1 saturated heterocycles. The van der Waals surface area contributed by atoms with E-state index >= 15 is 0 Å².